The van der Waals surface area contributed by atoms with Gasteiger partial charge in [0.1, 0.15) is 11.6 Å². The Labute approximate surface area is 174 Å². The minimum Gasteiger partial charge on any atom is -0.497 e. The van der Waals surface area contributed by atoms with Crippen LogP contribution in [0.15, 0.2) is 71.6 Å². The molecule has 8 heteroatoms. The Morgan fingerprint density at radius 3 is 2.47 bits per heavy atom. The van der Waals surface area contributed by atoms with Crippen LogP contribution in [-0.2, 0) is 10.0 Å². The molecule has 3 aromatic rings. The molecule has 0 bridgehead atoms. The van der Waals surface area contributed by atoms with Crippen LogP contribution in [0.1, 0.15) is 18.5 Å². The molecule has 6 nitrogen and oxygen atoms in total. The minimum absolute atomic E-state index is 0.0773. The molecule has 0 fully saturated rings. The molecule has 4 rings (SSSR count). The number of benzene rings is 3. The lowest BCUT2D eigenvalue weighted by Crippen LogP contribution is -2.33. The molecule has 30 heavy (non-hydrogen) atoms. The van der Waals surface area contributed by atoms with Gasteiger partial charge >= 0.3 is 0 Å². The van der Waals surface area contributed by atoms with Crippen molar-refractivity contribution in [1.82, 2.24) is 0 Å². The number of hydrogen-bond acceptors (Lipinski definition) is 5. The zero-order valence-electron chi connectivity index (χ0n) is 16.4. The van der Waals surface area contributed by atoms with E-state index in [1.54, 1.807) is 49.4 Å². The standard InChI is InChI=1S/C22H20FNO5S/c1-15(16-6-8-17(23)9-7-16)24(18-10-11-21-22(12-18)29-14-28-21)30(25,26)20-5-3-4-19(13-20)27-2/h3-13,15H,14H2,1-2H3/t15-/m0/s1. The minimum atomic E-state index is -4.00. The molecular weight excluding hydrogens is 409 g/mol. The van der Waals surface area contributed by atoms with E-state index >= 15 is 0 Å². The van der Waals surface area contributed by atoms with Crippen molar-refractivity contribution in [2.45, 2.75) is 17.9 Å². The van der Waals surface area contributed by atoms with Gasteiger partial charge in [0, 0.05) is 12.1 Å². The fourth-order valence-electron chi connectivity index (χ4n) is 3.34. The third-order valence-corrected chi connectivity index (χ3v) is 6.81. The van der Waals surface area contributed by atoms with Gasteiger partial charge in [0.05, 0.1) is 23.7 Å². The van der Waals surface area contributed by atoms with Crippen LogP contribution in [-0.4, -0.2) is 22.3 Å². The molecule has 3 aromatic carbocycles. The van der Waals surface area contributed by atoms with Gasteiger partial charge in [-0.1, -0.05) is 18.2 Å². The summed E-state index contributed by atoms with van der Waals surface area (Å²) in [5.41, 5.74) is 1.04. The van der Waals surface area contributed by atoms with E-state index in [1.165, 1.54) is 35.7 Å². The van der Waals surface area contributed by atoms with Crippen molar-refractivity contribution in [2.24, 2.45) is 0 Å². The highest BCUT2D eigenvalue weighted by molar-refractivity contribution is 7.92. The first-order chi connectivity index (χ1) is 14.4. The Balaban J connectivity index is 1.85. The monoisotopic (exact) mass is 429 g/mol. The van der Waals surface area contributed by atoms with Crippen molar-refractivity contribution in [2.75, 3.05) is 18.2 Å². The molecule has 1 aliphatic heterocycles. The van der Waals surface area contributed by atoms with Crippen molar-refractivity contribution in [3.05, 3.63) is 78.1 Å². The van der Waals surface area contributed by atoms with E-state index in [0.717, 1.165) is 0 Å². The van der Waals surface area contributed by atoms with Gasteiger partial charge in [0.15, 0.2) is 11.5 Å². The summed E-state index contributed by atoms with van der Waals surface area (Å²) in [4.78, 5) is 0.0773. The average Bonchev–Trinajstić information content (AvgIpc) is 3.22. The number of ether oxygens (including phenoxy) is 3. The number of halogens is 1. The summed E-state index contributed by atoms with van der Waals surface area (Å²) >= 11 is 0. The predicted molar refractivity (Wildman–Crippen MR) is 110 cm³/mol. The Kier molecular flexibility index (Phi) is 5.26. The molecule has 0 aromatic heterocycles. The lowest BCUT2D eigenvalue weighted by atomic mass is 10.1. The van der Waals surface area contributed by atoms with Crippen LogP contribution < -0.4 is 18.5 Å². The van der Waals surface area contributed by atoms with Crippen LogP contribution in [0.2, 0.25) is 0 Å². The van der Waals surface area contributed by atoms with Gasteiger partial charge in [0.25, 0.3) is 10.0 Å². The number of sulfonamides is 1. The molecule has 0 N–H and O–H groups in total. The molecule has 1 aliphatic rings. The summed E-state index contributed by atoms with van der Waals surface area (Å²) in [5, 5.41) is 0. The molecule has 0 amide bonds. The summed E-state index contributed by atoms with van der Waals surface area (Å²) < 4.78 is 58.1. The summed E-state index contributed by atoms with van der Waals surface area (Å²) in [6.07, 6.45) is 0. The van der Waals surface area contributed by atoms with Crippen molar-refractivity contribution >= 4 is 15.7 Å². The second kappa shape index (κ2) is 7.87. The second-order valence-corrected chi connectivity index (χ2v) is 8.56. The van der Waals surface area contributed by atoms with Crippen molar-refractivity contribution in [1.29, 1.82) is 0 Å². The summed E-state index contributed by atoms with van der Waals surface area (Å²) in [6.45, 7) is 1.82. The Morgan fingerprint density at radius 2 is 1.73 bits per heavy atom. The highest BCUT2D eigenvalue weighted by Gasteiger charge is 2.32. The molecule has 0 radical (unpaired) electrons. The number of methoxy groups -OCH3 is 1. The quantitative estimate of drug-likeness (QED) is 0.577. The molecule has 0 aliphatic carbocycles. The fraction of sp³-hybridized carbons (Fsp3) is 0.182. The number of fused-ring (bicyclic) bond motifs is 1. The molecule has 0 saturated heterocycles. The number of hydrogen-bond donors (Lipinski definition) is 0. The van der Waals surface area contributed by atoms with E-state index in [-0.39, 0.29) is 11.7 Å². The number of nitrogens with zero attached hydrogens (tertiary/aromatic N) is 1. The SMILES string of the molecule is COc1cccc(S(=O)(=O)N(c2ccc3c(c2)OCO3)[C@@H](C)c2ccc(F)cc2)c1. The van der Waals surface area contributed by atoms with Crippen molar-refractivity contribution in [3.63, 3.8) is 0 Å². The first kappa shape index (κ1) is 20.0. The molecule has 0 spiro atoms. The lowest BCUT2D eigenvalue weighted by Gasteiger charge is -2.31. The van der Waals surface area contributed by atoms with E-state index < -0.39 is 21.9 Å². The van der Waals surface area contributed by atoms with Gasteiger partial charge in [-0.3, -0.25) is 4.31 Å². The van der Waals surface area contributed by atoms with Crippen LogP contribution in [0.3, 0.4) is 0 Å². The zero-order chi connectivity index (χ0) is 21.3. The first-order valence-corrected chi connectivity index (χ1v) is 10.7. The van der Waals surface area contributed by atoms with E-state index in [9.17, 15) is 12.8 Å². The first-order valence-electron chi connectivity index (χ1n) is 9.24. The molecule has 0 saturated carbocycles. The third-order valence-electron chi connectivity index (χ3n) is 4.91. The number of rotatable bonds is 6. The molecule has 1 atom stereocenters. The highest BCUT2D eigenvalue weighted by atomic mass is 32.2. The fourth-order valence-corrected chi connectivity index (χ4v) is 5.02. The summed E-state index contributed by atoms with van der Waals surface area (Å²) in [7, 11) is -2.52. The lowest BCUT2D eigenvalue weighted by molar-refractivity contribution is 0.174. The topological polar surface area (TPSA) is 65.1 Å². The maximum atomic E-state index is 13.7. The largest absolute Gasteiger partial charge is 0.497 e. The zero-order valence-corrected chi connectivity index (χ0v) is 17.2. The normalized spacial score (nSPS) is 13.7. The Morgan fingerprint density at radius 1 is 1.00 bits per heavy atom. The van der Waals surface area contributed by atoms with Gasteiger partial charge in [-0.25, -0.2) is 12.8 Å². The van der Waals surface area contributed by atoms with Crippen LogP contribution in [0, 0.1) is 5.82 Å². The van der Waals surface area contributed by atoms with Gasteiger partial charge in [-0.15, -0.1) is 0 Å². The van der Waals surface area contributed by atoms with Gasteiger partial charge in [-0.05, 0) is 48.9 Å². The van der Waals surface area contributed by atoms with Gasteiger partial charge < -0.3 is 14.2 Å². The molecule has 0 unspecified atom stereocenters. The van der Waals surface area contributed by atoms with E-state index in [1.807, 2.05) is 0 Å². The Bertz CT molecular complexity index is 1160. The van der Waals surface area contributed by atoms with Gasteiger partial charge in [0.2, 0.25) is 6.79 Å². The van der Waals surface area contributed by atoms with E-state index in [4.69, 9.17) is 14.2 Å². The van der Waals surface area contributed by atoms with Crippen LogP contribution in [0.5, 0.6) is 17.2 Å². The van der Waals surface area contributed by atoms with Crippen LogP contribution in [0.4, 0.5) is 10.1 Å². The number of anilines is 1. The third kappa shape index (κ3) is 3.66. The summed E-state index contributed by atoms with van der Waals surface area (Å²) in [6, 6.07) is 16.4. The van der Waals surface area contributed by atoms with Crippen molar-refractivity contribution < 1.29 is 27.0 Å². The predicted octanol–water partition coefficient (Wildman–Crippen LogP) is 4.52. The summed E-state index contributed by atoms with van der Waals surface area (Å²) in [5.74, 6) is 1.05. The molecule has 1 heterocycles. The van der Waals surface area contributed by atoms with E-state index in [2.05, 4.69) is 0 Å². The Hall–Kier alpha value is -3.26. The van der Waals surface area contributed by atoms with Crippen LogP contribution >= 0.6 is 0 Å². The van der Waals surface area contributed by atoms with Crippen molar-refractivity contribution in [3.8, 4) is 17.2 Å². The second-order valence-electron chi connectivity index (χ2n) is 6.74. The molecule has 156 valence electrons. The maximum Gasteiger partial charge on any atom is 0.265 e. The smallest absolute Gasteiger partial charge is 0.265 e. The van der Waals surface area contributed by atoms with E-state index in [0.29, 0.717) is 28.5 Å². The van der Waals surface area contributed by atoms with Crippen LogP contribution in [0.25, 0.3) is 0 Å². The average molecular weight is 429 g/mol. The maximum absolute atomic E-state index is 13.7. The molecular formula is C22H20FNO5S. The van der Waals surface area contributed by atoms with Gasteiger partial charge in [-0.2, -0.15) is 0 Å². The highest BCUT2D eigenvalue weighted by Crippen LogP contribution is 2.40.